The lowest BCUT2D eigenvalue weighted by Crippen LogP contribution is -2.78. The summed E-state index contributed by atoms with van der Waals surface area (Å²) in [6, 6.07) is 6.87. The molecule has 0 amide bonds. The molecule has 11 heteroatoms. The number of piperidine rings is 1. The Morgan fingerprint density at radius 1 is 0.979 bits per heavy atom. The van der Waals surface area contributed by atoms with Crippen LogP contribution in [0.25, 0.3) is 0 Å². The maximum absolute atomic E-state index is 13.8. The fraction of sp³-hybridized carbons (Fsp3) is 0.784. The molecule has 48 heavy (non-hydrogen) atoms. The van der Waals surface area contributed by atoms with Crippen molar-refractivity contribution in [2.45, 2.75) is 83.5 Å². The summed E-state index contributed by atoms with van der Waals surface area (Å²) in [7, 11) is 10.0. The first-order valence-corrected chi connectivity index (χ1v) is 17.1. The SMILES string of the molecule is CCN1C[C@]2(COC)[C@H](O)C[C@H](OC)[C@@]34[C@@H]5CC(C)(C)[C@H](OC(=O)c6ccc(OC)cc6)[C@@H]5[C@@](C)(OC(C)=O)[C@@H]([C@H](OC)[C@H]23)[C@@H]14.COC. The monoisotopic (exact) mass is 675 g/mol. The Bertz CT molecular complexity index is 1320. The number of rotatable bonds is 9. The number of aliphatic hydroxyl groups is 1. The topological polar surface area (TPSA) is 122 Å². The van der Waals surface area contributed by atoms with Crippen molar-refractivity contribution in [1.82, 2.24) is 4.90 Å². The van der Waals surface area contributed by atoms with Crippen LogP contribution in [0.4, 0.5) is 0 Å². The second kappa shape index (κ2) is 13.5. The second-order valence-electron chi connectivity index (χ2n) is 15.4. The molecule has 1 aromatic carbocycles. The summed E-state index contributed by atoms with van der Waals surface area (Å²) in [6.07, 6.45) is -0.689. The van der Waals surface area contributed by atoms with E-state index in [4.69, 9.17) is 28.4 Å². The Morgan fingerprint density at radius 3 is 2.15 bits per heavy atom. The van der Waals surface area contributed by atoms with E-state index < -0.39 is 40.0 Å². The average molecular weight is 676 g/mol. The van der Waals surface area contributed by atoms with Crippen molar-refractivity contribution in [3.05, 3.63) is 29.8 Å². The third-order valence-electron chi connectivity index (χ3n) is 12.8. The molecule has 5 bridgehead atoms. The molecule has 4 saturated carbocycles. The van der Waals surface area contributed by atoms with Gasteiger partial charge in [-0.1, -0.05) is 20.8 Å². The Kier molecular flexibility index (Phi) is 10.4. The van der Waals surface area contributed by atoms with Crippen LogP contribution in [0, 0.1) is 39.9 Å². The van der Waals surface area contributed by atoms with E-state index in [9.17, 15) is 14.7 Å². The van der Waals surface area contributed by atoms with Crippen molar-refractivity contribution in [3.63, 3.8) is 0 Å². The summed E-state index contributed by atoms with van der Waals surface area (Å²) in [5.41, 5.74) is -2.17. The lowest BCUT2D eigenvalue weighted by Gasteiger charge is -2.69. The van der Waals surface area contributed by atoms with Crippen LogP contribution < -0.4 is 4.74 Å². The summed E-state index contributed by atoms with van der Waals surface area (Å²) in [4.78, 5) is 29.4. The Balaban J connectivity index is 0.00000145. The first-order valence-electron chi connectivity index (χ1n) is 17.1. The molecule has 0 radical (unpaired) electrons. The highest BCUT2D eigenvalue weighted by Crippen LogP contribution is 2.79. The molecule has 5 aliphatic rings. The van der Waals surface area contributed by atoms with Gasteiger partial charge in [0.15, 0.2) is 0 Å². The number of hydrogen-bond acceptors (Lipinski definition) is 11. The predicted molar refractivity (Wildman–Crippen MR) is 178 cm³/mol. The second-order valence-corrected chi connectivity index (χ2v) is 15.4. The number of hydrogen-bond donors (Lipinski definition) is 1. The minimum Gasteiger partial charge on any atom is -0.497 e. The maximum atomic E-state index is 13.8. The van der Waals surface area contributed by atoms with Gasteiger partial charge in [0, 0.05) is 95.5 Å². The highest BCUT2D eigenvalue weighted by molar-refractivity contribution is 5.89. The van der Waals surface area contributed by atoms with Crippen LogP contribution in [0.2, 0.25) is 0 Å². The van der Waals surface area contributed by atoms with Crippen molar-refractivity contribution in [3.8, 4) is 5.75 Å². The fourth-order valence-corrected chi connectivity index (χ4v) is 11.7. The van der Waals surface area contributed by atoms with Gasteiger partial charge in [-0.25, -0.2) is 4.79 Å². The van der Waals surface area contributed by atoms with Crippen LogP contribution in [0.5, 0.6) is 5.75 Å². The van der Waals surface area contributed by atoms with Crippen molar-refractivity contribution in [2.24, 2.45) is 39.9 Å². The van der Waals surface area contributed by atoms with Gasteiger partial charge in [0.25, 0.3) is 0 Å². The zero-order valence-corrected chi connectivity index (χ0v) is 30.6. The molecule has 1 aromatic rings. The molecular weight excluding hydrogens is 618 g/mol. The molecule has 270 valence electrons. The molecule has 6 rings (SSSR count). The molecule has 1 spiro atoms. The summed E-state index contributed by atoms with van der Waals surface area (Å²) < 4.78 is 41.5. The first-order chi connectivity index (χ1) is 22.7. The van der Waals surface area contributed by atoms with Crippen molar-refractivity contribution in [2.75, 3.05) is 62.4 Å². The third-order valence-corrected chi connectivity index (χ3v) is 12.8. The minimum atomic E-state index is -1.04. The van der Waals surface area contributed by atoms with Gasteiger partial charge in [-0.3, -0.25) is 9.69 Å². The summed E-state index contributed by atoms with van der Waals surface area (Å²) >= 11 is 0. The van der Waals surface area contributed by atoms with Crippen molar-refractivity contribution >= 4 is 11.9 Å². The Labute approximate surface area is 285 Å². The van der Waals surface area contributed by atoms with Gasteiger partial charge in [0.2, 0.25) is 0 Å². The third kappa shape index (κ3) is 5.13. The number of ether oxygens (including phenoxy) is 7. The summed E-state index contributed by atoms with van der Waals surface area (Å²) in [6.45, 7) is 11.7. The van der Waals surface area contributed by atoms with E-state index in [1.807, 2.05) is 6.92 Å². The number of likely N-dealkylation sites (tertiary alicyclic amines) is 1. The number of fused-ring (bicyclic) bond motifs is 1. The van der Waals surface area contributed by atoms with Crippen LogP contribution in [0.3, 0.4) is 0 Å². The fourth-order valence-electron chi connectivity index (χ4n) is 11.7. The Hall–Kier alpha value is -2.28. The summed E-state index contributed by atoms with van der Waals surface area (Å²) in [5, 5.41) is 12.0. The number of carbonyl (C=O) groups excluding carboxylic acids is 2. The number of benzene rings is 1. The van der Waals surface area contributed by atoms with Crippen molar-refractivity contribution < 1.29 is 47.9 Å². The lowest BCUT2D eigenvalue weighted by atomic mass is 9.42. The number of esters is 2. The zero-order chi connectivity index (χ0) is 35.4. The quantitative estimate of drug-likeness (QED) is 0.384. The van der Waals surface area contributed by atoms with Gasteiger partial charge in [-0.05, 0) is 50.1 Å². The van der Waals surface area contributed by atoms with E-state index in [1.54, 1.807) is 66.9 Å². The van der Waals surface area contributed by atoms with Crippen LogP contribution >= 0.6 is 0 Å². The highest BCUT2D eigenvalue weighted by atomic mass is 16.6. The van der Waals surface area contributed by atoms with Gasteiger partial charge >= 0.3 is 11.9 Å². The highest BCUT2D eigenvalue weighted by Gasteiger charge is 2.87. The number of nitrogens with zero attached hydrogens (tertiary/aromatic N) is 1. The Morgan fingerprint density at radius 2 is 1.62 bits per heavy atom. The van der Waals surface area contributed by atoms with Crippen LogP contribution in [0.1, 0.15) is 57.8 Å². The van der Waals surface area contributed by atoms with E-state index in [1.165, 1.54) is 6.92 Å². The van der Waals surface area contributed by atoms with E-state index in [2.05, 4.69) is 30.4 Å². The molecule has 1 aliphatic heterocycles. The molecule has 1 heterocycles. The van der Waals surface area contributed by atoms with E-state index in [0.29, 0.717) is 30.9 Å². The van der Waals surface area contributed by atoms with Crippen LogP contribution in [-0.2, 0) is 33.2 Å². The predicted octanol–water partition coefficient (Wildman–Crippen LogP) is 3.84. The number of aliphatic hydroxyl groups excluding tert-OH is 1. The largest absolute Gasteiger partial charge is 0.497 e. The zero-order valence-electron chi connectivity index (χ0n) is 30.6. The first kappa shape index (κ1) is 37.0. The van der Waals surface area contributed by atoms with E-state index in [0.717, 1.165) is 13.0 Å². The van der Waals surface area contributed by atoms with Crippen LogP contribution in [-0.4, -0.2) is 120 Å². The smallest absolute Gasteiger partial charge is 0.338 e. The molecule has 12 atom stereocenters. The van der Waals surface area contributed by atoms with Gasteiger partial charge in [0.05, 0.1) is 37.6 Å². The maximum Gasteiger partial charge on any atom is 0.338 e. The minimum absolute atomic E-state index is 0.0441. The molecule has 0 unspecified atom stereocenters. The molecule has 5 fully saturated rings. The van der Waals surface area contributed by atoms with E-state index >= 15 is 0 Å². The lowest BCUT2D eigenvalue weighted by molar-refractivity contribution is -0.292. The molecule has 4 aliphatic carbocycles. The summed E-state index contributed by atoms with van der Waals surface area (Å²) in [5.74, 6) is -0.970. The molecular formula is C37H57NO10. The van der Waals surface area contributed by atoms with Crippen LogP contribution in [0.15, 0.2) is 24.3 Å². The standard InChI is InChI=1S/C35H51NO9.C2H6O/c1-10-36-17-34(18-40-6)23(38)15-24(42-8)35-22-16-32(3,4)30(44-31(39)20-11-13-21(41-7)14-12-20)25(22)33(5,45-19(2)37)26(29(35)36)27(43-9)28(34)35;1-3-2/h11-14,22-30,38H,10,15-18H2,1-9H3;1-2H3/t22-,23-,24+,25-,26+,27+,28-,29-,30-,33-,34+,35+;/m1./s1. The van der Waals surface area contributed by atoms with Gasteiger partial charge in [0.1, 0.15) is 17.5 Å². The molecule has 0 aromatic heterocycles. The van der Waals surface area contributed by atoms with Gasteiger partial charge in [-0.15, -0.1) is 0 Å². The molecule has 1 saturated heterocycles. The van der Waals surface area contributed by atoms with Crippen molar-refractivity contribution in [1.29, 1.82) is 0 Å². The number of carbonyl (C=O) groups is 2. The normalized spacial score (nSPS) is 41.9. The van der Waals surface area contributed by atoms with Gasteiger partial charge < -0.3 is 38.3 Å². The van der Waals surface area contributed by atoms with Gasteiger partial charge in [-0.2, -0.15) is 0 Å². The molecule has 1 N–H and O–H groups in total. The average Bonchev–Trinajstić information content (AvgIpc) is 3.43. The molecule has 11 nitrogen and oxygen atoms in total. The number of methoxy groups -OCH3 is 5. The van der Waals surface area contributed by atoms with E-state index in [-0.39, 0.29) is 47.9 Å².